The first-order chi connectivity index (χ1) is 10.6. The normalized spacial score (nSPS) is 16.5. The van der Waals surface area contributed by atoms with Gasteiger partial charge in [0.2, 0.25) is 0 Å². The van der Waals surface area contributed by atoms with Gasteiger partial charge in [-0.3, -0.25) is 4.68 Å². The molecule has 0 aliphatic heterocycles. The second kappa shape index (κ2) is 6.23. The topological polar surface area (TPSA) is 50.1 Å². The predicted molar refractivity (Wildman–Crippen MR) is 87.8 cm³/mol. The van der Waals surface area contributed by atoms with Gasteiger partial charge in [-0.15, -0.1) is 0 Å². The fourth-order valence-electron chi connectivity index (χ4n) is 3.08. The highest BCUT2D eigenvalue weighted by Gasteiger charge is 2.33. The van der Waals surface area contributed by atoms with Crippen molar-refractivity contribution in [3.63, 3.8) is 0 Å². The first kappa shape index (κ1) is 15.3. The lowest BCUT2D eigenvalue weighted by atomic mass is 9.80. The molecule has 3 rings (SSSR count). The highest BCUT2D eigenvalue weighted by atomic mass is 16.3. The minimum Gasteiger partial charge on any atom is -0.389 e. The number of benzene rings is 1. The molecular formula is C18H25N3O. The summed E-state index contributed by atoms with van der Waals surface area (Å²) < 4.78 is 2.07. The first-order valence-corrected chi connectivity index (χ1v) is 8.07. The summed E-state index contributed by atoms with van der Waals surface area (Å²) in [7, 11) is 0. The molecule has 1 aliphatic rings. The summed E-state index contributed by atoms with van der Waals surface area (Å²) in [5.74, 6) is 0. The summed E-state index contributed by atoms with van der Waals surface area (Å²) in [6.07, 6.45) is 2.99. The summed E-state index contributed by atoms with van der Waals surface area (Å²) in [4.78, 5) is 0. The quantitative estimate of drug-likeness (QED) is 0.862. The molecule has 4 nitrogen and oxygen atoms in total. The minimum absolute atomic E-state index is 0.470. The molecule has 0 bridgehead atoms. The largest absolute Gasteiger partial charge is 0.389 e. The number of aryl methyl sites for hydroxylation is 1. The van der Waals surface area contributed by atoms with E-state index in [9.17, 15) is 5.11 Å². The maximum absolute atomic E-state index is 10.1. The Morgan fingerprint density at radius 1 is 1.23 bits per heavy atom. The van der Waals surface area contributed by atoms with Gasteiger partial charge in [0, 0.05) is 24.3 Å². The summed E-state index contributed by atoms with van der Waals surface area (Å²) in [6.45, 7) is 6.43. The van der Waals surface area contributed by atoms with Gasteiger partial charge >= 0.3 is 0 Å². The van der Waals surface area contributed by atoms with Gasteiger partial charge in [-0.2, -0.15) is 5.10 Å². The van der Waals surface area contributed by atoms with Crippen molar-refractivity contribution in [1.82, 2.24) is 15.1 Å². The summed E-state index contributed by atoms with van der Waals surface area (Å²) >= 11 is 0. The molecule has 1 heterocycles. The number of aliphatic hydroxyl groups is 1. The van der Waals surface area contributed by atoms with E-state index in [0.29, 0.717) is 6.54 Å². The zero-order chi connectivity index (χ0) is 15.6. The third kappa shape index (κ3) is 3.23. The fourth-order valence-corrected chi connectivity index (χ4v) is 3.08. The van der Waals surface area contributed by atoms with Crippen molar-refractivity contribution in [1.29, 1.82) is 0 Å². The van der Waals surface area contributed by atoms with Crippen LogP contribution in [-0.4, -0.2) is 27.0 Å². The zero-order valence-corrected chi connectivity index (χ0v) is 13.5. The minimum atomic E-state index is -0.470. The highest BCUT2D eigenvalue weighted by molar-refractivity contribution is 5.26. The van der Waals surface area contributed by atoms with Crippen molar-refractivity contribution >= 4 is 0 Å². The summed E-state index contributed by atoms with van der Waals surface area (Å²) in [6, 6.07) is 10.4. The molecule has 1 aromatic carbocycles. The van der Waals surface area contributed by atoms with Crippen LogP contribution in [0.1, 0.15) is 41.8 Å². The second-order valence-electron chi connectivity index (χ2n) is 6.47. The number of hydrogen-bond donors (Lipinski definition) is 2. The zero-order valence-electron chi connectivity index (χ0n) is 13.5. The summed E-state index contributed by atoms with van der Waals surface area (Å²) in [5.41, 5.74) is 4.31. The van der Waals surface area contributed by atoms with E-state index in [0.717, 1.165) is 38.0 Å². The van der Waals surface area contributed by atoms with E-state index in [4.69, 9.17) is 0 Å². The molecule has 0 saturated heterocycles. The van der Waals surface area contributed by atoms with Crippen LogP contribution in [0.25, 0.3) is 0 Å². The predicted octanol–water partition coefficient (Wildman–Crippen LogP) is 2.55. The Balaban J connectivity index is 1.64. The van der Waals surface area contributed by atoms with Crippen LogP contribution in [-0.2, 0) is 13.1 Å². The Morgan fingerprint density at radius 2 is 1.95 bits per heavy atom. The Bertz CT molecular complexity index is 629. The molecule has 1 aliphatic carbocycles. The van der Waals surface area contributed by atoms with E-state index in [1.165, 1.54) is 16.8 Å². The monoisotopic (exact) mass is 299 g/mol. The van der Waals surface area contributed by atoms with Crippen molar-refractivity contribution in [2.75, 3.05) is 6.54 Å². The van der Waals surface area contributed by atoms with Gasteiger partial charge in [-0.05, 0) is 38.7 Å². The molecule has 2 aromatic rings. The molecule has 4 heteroatoms. The molecule has 1 saturated carbocycles. The molecule has 118 valence electrons. The van der Waals surface area contributed by atoms with Crippen LogP contribution in [0.3, 0.4) is 0 Å². The van der Waals surface area contributed by atoms with E-state index in [2.05, 4.69) is 53.2 Å². The van der Waals surface area contributed by atoms with Gasteiger partial charge in [0.15, 0.2) is 0 Å². The lowest BCUT2D eigenvalue weighted by Gasteiger charge is -2.36. The van der Waals surface area contributed by atoms with Crippen LogP contribution < -0.4 is 5.32 Å². The lowest BCUT2D eigenvalue weighted by molar-refractivity contribution is -0.0315. The number of nitrogens with zero attached hydrogens (tertiary/aromatic N) is 2. The third-order valence-corrected chi connectivity index (χ3v) is 4.75. The first-order valence-electron chi connectivity index (χ1n) is 8.07. The van der Waals surface area contributed by atoms with E-state index >= 15 is 0 Å². The molecule has 0 atom stereocenters. The summed E-state index contributed by atoms with van der Waals surface area (Å²) in [5, 5.41) is 18.2. The third-order valence-electron chi connectivity index (χ3n) is 4.75. The molecular weight excluding hydrogens is 274 g/mol. The average Bonchev–Trinajstić information content (AvgIpc) is 2.74. The van der Waals surface area contributed by atoms with Gasteiger partial charge in [-0.1, -0.05) is 30.3 Å². The van der Waals surface area contributed by atoms with Gasteiger partial charge in [0.25, 0.3) is 0 Å². The van der Waals surface area contributed by atoms with Crippen molar-refractivity contribution in [2.24, 2.45) is 0 Å². The molecule has 0 unspecified atom stereocenters. The molecule has 22 heavy (non-hydrogen) atoms. The number of rotatable bonds is 6. The van der Waals surface area contributed by atoms with Gasteiger partial charge < -0.3 is 10.4 Å². The van der Waals surface area contributed by atoms with Gasteiger partial charge in [-0.25, -0.2) is 0 Å². The highest BCUT2D eigenvalue weighted by Crippen LogP contribution is 2.30. The van der Waals surface area contributed by atoms with Crippen LogP contribution in [0.2, 0.25) is 0 Å². The van der Waals surface area contributed by atoms with Crippen molar-refractivity contribution < 1.29 is 5.11 Å². The Kier molecular flexibility index (Phi) is 4.32. The maximum Gasteiger partial charge on any atom is 0.0771 e. The lowest BCUT2D eigenvalue weighted by Crippen LogP contribution is -2.46. The standard InChI is InChI=1S/C18H25N3O/c1-14-17(11-19-13-18(22)9-6-10-18)15(2)21(20-14)12-16-7-4-3-5-8-16/h3-5,7-8,19,22H,6,9-13H2,1-2H3. The van der Waals surface area contributed by atoms with E-state index in [1.54, 1.807) is 0 Å². The average molecular weight is 299 g/mol. The molecule has 0 radical (unpaired) electrons. The van der Waals surface area contributed by atoms with Crippen LogP contribution >= 0.6 is 0 Å². The Hall–Kier alpha value is -1.65. The van der Waals surface area contributed by atoms with E-state index in [1.807, 2.05) is 6.07 Å². The maximum atomic E-state index is 10.1. The molecule has 0 spiro atoms. The molecule has 2 N–H and O–H groups in total. The van der Waals surface area contributed by atoms with Crippen molar-refractivity contribution in [3.8, 4) is 0 Å². The smallest absolute Gasteiger partial charge is 0.0771 e. The molecule has 1 aromatic heterocycles. The second-order valence-corrected chi connectivity index (χ2v) is 6.47. The fraction of sp³-hybridized carbons (Fsp3) is 0.500. The molecule has 1 fully saturated rings. The Labute approximate surface area is 132 Å². The van der Waals surface area contributed by atoms with Crippen LogP contribution in [0.4, 0.5) is 0 Å². The van der Waals surface area contributed by atoms with E-state index < -0.39 is 5.60 Å². The number of nitrogens with one attached hydrogen (secondary N) is 1. The van der Waals surface area contributed by atoms with Crippen molar-refractivity contribution in [2.45, 2.75) is 51.8 Å². The SMILES string of the molecule is Cc1nn(Cc2ccccc2)c(C)c1CNCC1(O)CCC1. The van der Waals surface area contributed by atoms with Crippen LogP contribution in [0.5, 0.6) is 0 Å². The number of hydrogen-bond acceptors (Lipinski definition) is 3. The molecule has 0 amide bonds. The van der Waals surface area contributed by atoms with Gasteiger partial charge in [0.1, 0.15) is 0 Å². The number of aromatic nitrogens is 2. The van der Waals surface area contributed by atoms with E-state index in [-0.39, 0.29) is 0 Å². The van der Waals surface area contributed by atoms with Crippen LogP contribution in [0, 0.1) is 13.8 Å². The Morgan fingerprint density at radius 3 is 2.59 bits per heavy atom. The van der Waals surface area contributed by atoms with Crippen LogP contribution in [0.15, 0.2) is 30.3 Å². The van der Waals surface area contributed by atoms with Crippen molar-refractivity contribution in [3.05, 3.63) is 52.8 Å². The van der Waals surface area contributed by atoms with Gasteiger partial charge in [0.05, 0.1) is 17.8 Å².